The van der Waals surface area contributed by atoms with Crippen LogP contribution in [0.1, 0.15) is 31.1 Å². The van der Waals surface area contributed by atoms with Crippen molar-refractivity contribution < 1.29 is 5.21 Å². The molecule has 0 aromatic carbocycles. The monoisotopic (exact) mass is 260 g/mol. The Morgan fingerprint density at radius 3 is 2.84 bits per heavy atom. The molecule has 0 saturated heterocycles. The van der Waals surface area contributed by atoms with Gasteiger partial charge in [-0.15, -0.1) is 0 Å². The number of nitrogens with zero attached hydrogens (tertiary/aromatic N) is 5. The van der Waals surface area contributed by atoms with Crippen LogP contribution in [0.4, 0.5) is 0 Å². The maximum absolute atomic E-state index is 8.83. The average molecular weight is 260 g/mol. The van der Waals surface area contributed by atoms with Crippen molar-refractivity contribution >= 4 is 5.84 Å². The largest absolute Gasteiger partial charge is 0.409 e. The molecule has 0 atom stereocenters. The lowest BCUT2D eigenvalue weighted by molar-refractivity contribution is 0.318. The normalized spacial score (nSPS) is 11.8. The van der Waals surface area contributed by atoms with Crippen LogP contribution in [0, 0.1) is 0 Å². The summed E-state index contributed by atoms with van der Waals surface area (Å²) in [6, 6.07) is 1.68. The third-order valence-corrected chi connectivity index (χ3v) is 2.76. The van der Waals surface area contributed by atoms with Gasteiger partial charge >= 0.3 is 0 Å². The highest BCUT2D eigenvalue weighted by Gasteiger charge is 2.14. The van der Waals surface area contributed by atoms with Crippen molar-refractivity contribution in [2.24, 2.45) is 10.9 Å². The van der Waals surface area contributed by atoms with Crippen molar-refractivity contribution in [3.63, 3.8) is 0 Å². The van der Waals surface area contributed by atoms with E-state index in [9.17, 15) is 0 Å². The molecule has 0 fully saturated rings. The van der Waals surface area contributed by atoms with Crippen LogP contribution in [0.25, 0.3) is 5.69 Å². The molecule has 0 radical (unpaired) electrons. The minimum atomic E-state index is 0.0213. The summed E-state index contributed by atoms with van der Waals surface area (Å²) in [6.45, 7) is 3.99. The van der Waals surface area contributed by atoms with Crippen LogP contribution in [-0.4, -0.2) is 30.8 Å². The quantitative estimate of drug-likeness (QED) is 0.368. The van der Waals surface area contributed by atoms with Crippen LogP contribution in [0.3, 0.4) is 0 Å². The van der Waals surface area contributed by atoms with E-state index in [0.717, 1.165) is 24.5 Å². The molecule has 0 spiro atoms. The number of hydrogen-bond donors (Lipinski definition) is 2. The van der Waals surface area contributed by atoms with E-state index in [-0.39, 0.29) is 5.84 Å². The molecule has 0 aliphatic heterocycles. The fourth-order valence-electron chi connectivity index (χ4n) is 1.79. The van der Waals surface area contributed by atoms with Gasteiger partial charge in [0.25, 0.3) is 0 Å². The zero-order chi connectivity index (χ0) is 13.8. The van der Waals surface area contributed by atoms with Crippen molar-refractivity contribution in [3.8, 4) is 5.69 Å². The highest BCUT2D eigenvalue weighted by molar-refractivity contribution is 6.00. The first-order valence-corrected chi connectivity index (χ1v) is 6.08. The highest BCUT2D eigenvalue weighted by Crippen LogP contribution is 2.15. The predicted molar refractivity (Wildman–Crippen MR) is 70.4 cm³/mol. The summed E-state index contributed by atoms with van der Waals surface area (Å²) < 4.78 is 1.69. The van der Waals surface area contributed by atoms with E-state index in [4.69, 9.17) is 10.9 Å². The SMILES string of the molecule is CCc1nc(CC)n(-c2cnccc2/C(N)=N/O)n1. The van der Waals surface area contributed by atoms with Gasteiger partial charge in [-0.2, -0.15) is 5.10 Å². The summed E-state index contributed by atoms with van der Waals surface area (Å²) in [5, 5.41) is 16.3. The Hall–Kier alpha value is -2.44. The van der Waals surface area contributed by atoms with Gasteiger partial charge in [0, 0.05) is 24.6 Å². The van der Waals surface area contributed by atoms with Gasteiger partial charge in [0.2, 0.25) is 0 Å². The van der Waals surface area contributed by atoms with Crippen molar-refractivity contribution in [3.05, 3.63) is 35.7 Å². The van der Waals surface area contributed by atoms with E-state index >= 15 is 0 Å². The molecular formula is C12H16N6O. The molecule has 0 saturated carbocycles. The third kappa shape index (κ3) is 2.40. The van der Waals surface area contributed by atoms with Crippen molar-refractivity contribution in [1.82, 2.24) is 19.7 Å². The van der Waals surface area contributed by atoms with E-state index in [1.807, 2.05) is 13.8 Å². The Morgan fingerprint density at radius 1 is 1.42 bits per heavy atom. The second kappa shape index (κ2) is 5.47. The minimum absolute atomic E-state index is 0.0213. The van der Waals surface area contributed by atoms with E-state index in [1.54, 1.807) is 23.1 Å². The Kier molecular flexibility index (Phi) is 3.74. The predicted octanol–water partition coefficient (Wildman–Crippen LogP) is 0.882. The molecule has 100 valence electrons. The smallest absolute Gasteiger partial charge is 0.172 e. The number of rotatable bonds is 4. The standard InChI is InChI=1S/C12H16N6O/c1-3-10-15-11(4-2)18(16-10)9-7-14-6-5-8(9)12(13)17-19/h5-7,19H,3-4H2,1-2H3,(H2,13,17). The molecule has 0 amide bonds. The second-order valence-corrected chi connectivity index (χ2v) is 3.94. The molecule has 0 aliphatic carbocycles. The summed E-state index contributed by atoms with van der Waals surface area (Å²) in [5.41, 5.74) is 6.90. The molecule has 0 bridgehead atoms. The maximum atomic E-state index is 8.83. The molecule has 2 heterocycles. The van der Waals surface area contributed by atoms with Crippen LogP contribution in [0.2, 0.25) is 0 Å². The summed E-state index contributed by atoms with van der Waals surface area (Å²) in [4.78, 5) is 8.50. The first-order valence-electron chi connectivity index (χ1n) is 6.08. The van der Waals surface area contributed by atoms with Crippen molar-refractivity contribution in [2.45, 2.75) is 26.7 Å². The van der Waals surface area contributed by atoms with Gasteiger partial charge in [-0.3, -0.25) is 4.98 Å². The fourth-order valence-corrected chi connectivity index (χ4v) is 1.79. The van der Waals surface area contributed by atoms with Crippen molar-refractivity contribution in [1.29, 1.82) is 0 Å². The number of hydrogen-bond acceptors (Lipinski definition) is 5. The van der Waals surface area contributed by atoms with Gasteiger partial charge in [0.15, 0.2) is 11.7 Å². The summed E-state index contributed by atoms with van der Waals surface area (Å²) in [7, 11) is 0. The van der Waals surface area contributed by atoms with E-state index in [0.29, 0.717) is 11.3 Å². The van der Waals surface area contributed by atoms with Crippen LogP contribution in [0.15, 0.2) is 23.6 Å². The van der Waals surface area contributed by atoms with Gasteiger partial charge in [-0.05, 0) is 6.07 Å². The zero-order valence-electron chi connectivity index (χ0n) is 10.9. The third-order valence-electron chi connectivity index (χ3n) is 2.76. The zero-order valence-corrected chi connectivity index (χ0v) is 10.9. The number of pyridine rings is 1. The second-order valence-electron chi connectivity index (χ2n) is 3.94. The van der Waals surface area contributed by atoms with Crippen LogP contribution in [0.5, 0.6) is 0 Å². The lowest BCUT2D eigenvalue weighted by Crippen LogP contribution is -2.17. The molecule has 2 aromatic rings. The summed E-state index contributed by atoms with van der Waals surface area (Å²) in [5.74, 6) is 1.59. The average Bonchev–Trinajstić information content (AvgIpc) is 2.89. The van der Waals surface area contributed by atoms with Crippen LogP contribution >= 0.6 is 0 Å². The lowest BCUT2D eigenvalue weighted by atomic mass is 10.2. The molecule has 0 aliphatic rings. The lowest BCUT2D eigenvalue weighted by Gasteiger charge is -2.08. The molecule has 7 heteroatoms. The molecule has 3 N–H and O–H groups in total. The number of aryl methyl sites for hydroxylation is 2. The first-order chi connectivity index (χ1) is 9.21. The fraction of sp³-hybridized carbons (Fsp3) is 0.333. The topological polar surface area (TPSA) is 102 Å². The van der Waals surface area contributed by atoms with Gasteiger partial charge < -0.3 is 10.9 Å². The highest BCUT2D eigenvalue weighted by atomic mass is 16.4. The van der Waals surface area contributed by atoms with Gasteiger partial charge in [0.05, 0.1) is 11.9 Å². The van der Waals surface area contributed by atoms with Crippen LogP contribution in [-0.2, 0) is 12.8 Å². The van der Waals surface area contributed by atoms with Crippen LogP contribution < -0.4 is 5.73 Å². The van der Waals surface area contributed by atoms with Gasteiger partial charge in [0.1, 0.15) is 5.82 Å². The minimum Gasteiger partial charge on any atom is -0.409 e. The Morgan fingerprint density at radius 2 is 2.21 bits per heavy atom. The van der Waals surface area contributed by atoms with Crippen molar-refractivity contribution in [2.75, 3.05) is 0 Å². The van der Waals surface area contributed by atoms with E-state index in [2.05, 4.69) is 20.2 Å². The molecule has 0 unspecified atom stereocenters. The Bertz CT molecular complexity index is 604. The summed E-state index contributed by atoms with van der Waals surface area (Å²) in [6.07, 6.45) is 4.69. The van der Waals surface area contributed by atoms with Gasteiger partial charge in [-0.1, -0.05) is 19.0 Å². The van der Waals surface area contributed by atoms with Gasteiger partial charge in [-0.25, -0.2) is 9.67 Å². The molecule has 19 heavy (non-hydrogen) atoms. The number of amidine groups is 1. The number of oxime groups is 1. The molecule has 2 aromatic heterocycles. The van der Waals surface area contributed by atoms with E-state index < -0.39 is 0 Å². The van der Waals surface area contributed by atoms with E-state index in [1.165, 1.54) is 0 Å². The number of aromatic nitrogens is 4. The molecule has 7 nitrogen and oxygen atoms in total. The molecular weight excluding hydrogens is 244 g/mol. The summed E-state index contributed by atoms with van der Waals surface area (Å²) >= 11 is 0. The molecule has 2 rings (SSSR count). The maximum Gasteiger partial charge on any atom is 0.172 e. The Balaban J connectivity index is 2.61. The Labute approximate surface area is 110 Å². The first kappa shape index (κ1) is 13.0. The number of nitrogens with two attached hydrogens (primary N) is 1.